The number of nitrogens with zero attached hydrogens (tertiary/aromatic N) is 1. The van der Waals surface area contributed by atoms with Gasteiger partial charge in [0.15, 0.2) is 0 Å². The third-order valence-electron chi connectivity index (χ3n) is 2.59. The van der Waals surface area contributed by atoms with Gasteiger partial charge in [0.05, 0.1) is 0 Å². The quantitative estimate of drug-likeness (QED) is 0.887. The summed E-state index contributed by atoms with van der Waals surface area (Å²) in [7, 11) is 0. The molecule has 0 bridgehead atoms. The van der Waals surface area contributed by atoms with Crippen LogP contribution in [-0.2, 0) is 12.7 Å². The number of hydrogen-bond acceptors (Lipinski definition) is 2. The molecule has 0 saturated carbocycles. The fourth-order valence-corrected chi connectivity index (χ4v) is 1.38. The molecule has 0 aliphatic carbocycles. The monoisotopic (exact) mass is 248 g/mol. The van der Waals surface area contributed by atoms with Crippen LogP contribution in [0.2, 0.25) is 0 Å². The lowest BCUT2D eigenvalue weighted by Crippen LogP contribution is -2.38. The lowest BCUT2D eigenvalue weighted by molar-refractivity contribution is -0.144. The van der Waals surface area contributed by atoms with Crippen LogP contribution in [0.1, 0.15) is 19.5 Å². The minimum Gasteiger partial charge on any atom is -0.326 e. The summed E-state index contributed by atoms with van der Waals surface area (Å²) in [6, 6.07) is 2.59. The number of hydrogen-bond donors (Lipinski definition) is 1. The zero-order valence-corrected chi connectivity index (χ0v) is 9.66. The Hall–Kier alpha value is -1.30. The molecule has 0 radical (unpaired) electrons. The first kappa shape index (κ1) is 13.8. The van der Waals surface area contributed by atoms with Crippen molar-refractivity contribution in [2.24, 2.45) is 11.7 Å². The summed E-state index contributed by atoms with van der Waals surface area (Å²) in [5.41, 5.74) is 4.06. The van der Waals surface area contributed by atoms with E-state index in [4.69, 9.17) is 5.73 Å². The van der Waals surface area contributed by atoms with E-state index < -0.39 is 23.5 Å². The summed E-state index contributed by atoms with van der Waals surface area (Å²) >= 11 is 0. The van der Waals surface area contributed by atoms with Crippen LogP contribution in [0.25, 0.3) is 0 Å². The lowest BCUT2D eigenvalue weighted by atomic mass is 10.1. The second-order valence-corrected chi connectivity index (χ2v) is 4.27. The largest absolute Gasteiger partial charge is 0.431 e. The van der Waals surface area contributed by atoms with Gasteiger partial charge >= 0.3 is 6.18 Å². The summed E-state index contributed by atoms with van der Waals surface area (Å²) in [6.45, 7) is 3.46. The maximum Gasteiger partial charge on any atom is 0.431 e. The van der Waals surface area contributed by atoms with Gasteiger partial charge in [-0.05, 0) is 12.0 Å². The third kappa shape index (κ3) is 3.33. The standard InChI is InChI=1S/C11H15F3N2O/c1-7(2)8(15)6-16-9(11(12,13)14)4-3-5-10(16)17/h3-5,7-8H,6,15H2,1-2H3. The summed E-state index contributed by atoms with van der Waals surface area (Å²) in [5.74, 6) is 0.00295. The normalized spacial score (nSPS) is 14.1. The number of aromatic nitrogens is 1. The summed E-state index contributed by atoms with van der Waals surface area (Å²) in [6.07, 6.45) is -4.54. The predicted octanol–water partition coefficient (Wildman–Crippen LogP) is 1.85. The zero-order valence-electron chi connectivity index (χ0n) is 9.66. The SMILES string of the molecule is CC(C)C(N)Cn1c(C(F)(F)F)cccc1=O. The van der Waals surface area contributed by atoms with Crippen molar-refractivity contribution in [3.05, 3.63) is 34.2 Å². The number of rotatable bonds is 3. The Morgan fingerprint density at radius 1 is 1.35 bits per heavy atom. The van der Waals surface area contributed by atoms with Gasteiger partial charge in [-0.25, -0.2) is 0 Å². The molecule has 0 amide bonds. The molecule has 1 unspecified atom stereocenters. The molecule has 0 saturated heterocycles. The smallest absolute Gasteiger partial charge is 0.326 e. The first-order valence-corrected chi connectivity index (χ1v) is 5.26. The van der Waals surface area contributed by atoms with Crippen molar-refractivity contribution in [1.82, 2.24) is 4.57 Å². The van der Waals surface area contributed by atoms with Crippen molar-refractivity contribution in [3.8, 4) is 0 Å². The number of halogens is 3. The summed E-state index contributed by atoms with van der Waals surface area (Å²) < 4.78 is 38.7. The minimum absolute atomic E-state index is 0.00295. The van der Waals surface area contributed by atoms with Crippen molar-refractivity contribution < 1.29 is 13.2 Å². The van der Waals surface area contributed by atoms with E-state index in [1.54, 1.807) is 13.8 Å². The van der Waals surface area contributed by atoms with Gasteiger partial charge in [0, 0.05) is 18.7 Å². The molecule has 1 rings (SSSR count). The third-order valence-corrected chi connectivity index (χ3v) is 2.59. The van der Waals surface area contributed by atoms with Crippen LogP contribution >= 0.6 is 0 Å². The average molecular weight is 248 g/mol. The van der Waals surface area contributed by atoms with Crippen LogP contribution in [0.3, 0.4) is 0 Å². The lowest BCUT2D eigenvalue weighted by Gasteiger charge is -2.20. The predicted molar refractivity (Wildman–Crippen MR) is 58.5 cm³/mol. The minimum atomic E-state index is -4.54. The van der Waals surface area contributed by atoms with Crippen molar-refractivity contribution in [3.63, 3.8) is 0 Å². The van der Waals surface area contributed by atoms with Gasteiger partial charge in [-0.3, -0.25) is 4.79 Å². The Morgan fingerprint density at radius 2 is 1.94 bits per heavy atom. The number of nitrogens with two attached hydrogens (primary N) is 1. The van der Waals surface area contributed by atoms with Gasteiger partial charge < -0.3 is 10.3 Å². The van der Waals surface area contributed by atoms with Gasteiger partial charge in [-0.2, -0.15) is 13.2 Å². The van der Waals surface area contributed by atoms with E-state index in [1.165, 1.54) is 0 Å². The molecule has 96 valence electrons. The van der Waals surface area contributed by atoms with Crippen LogP contribution in [0.4, 0.5) is 13.2 Å². The summed E-state index contributed by atoms with van der Waals surface area (Å²) in [5, 5.41) is 0. The highest BCUT2D eigenvalue weighted by molar-refractivity contribution is 5.10. The zero-order chi connectivity index (χ0) is 13.2. The summed E-state index contributed by atoms with van der Waals surface area (Å²) in [4.78, 5) is 11.5. The molecule has 1 aromatic heterocycles. The topological polar surface area (TPSA) is 48.0 Å². The van der Waals surface area contributed by atoms with Crippen molar-refractivity contribution in [2.45, 2.75) is 32.6 Å². The van der Waals surface area contributed by atoms with E-state index in [2.05, 4.69) is 0 Å². The maximum absolute atomic E-state index is 12.7. The van der Waals surface area contributed by atoms with E-state index >= 15 is 0 Å². The molecule has 0 aromatic carbocycles. The van der Waals surface area contributed by atoms with Crippen LogP contribution in [0.5, 0.6) is 0 Å². The molecule has 1 aromatic rings. The molecule has 6 heteroatoms. The molecule has 0 fully saturated rings. The second-order valence-electron chi connectivity index (χ2n) is 4.27. The molecule has 2 N–H and O–H groups in total. The van der Waals surface area contributed by atoms with E-state index in [0.717, 1.165) is 18.2 Å². The molecular formula is C11H15F3N2O. The van der Waals surface area contributed by atoms with Gasteiger partial charge in [-0.15, -0.1) is 0 Å². The fourth-order valence-electron chi connectivity index (χ4n) is 1.38. The molecule has 0 spiro atoms. The van der Waals surface area contributed by atoms with E-state index in [1.807, 2.05) is 0 Å². The number of pyridine rings is 1. The molecule has 1 heterocycles. The Labute approximate surface area is 97.0 Å². The Bertz CT molecular complexity index is 437. The molecule has 0 aliphatic rings. The van der Waals surface area contributed by atoms with Crippen molar-refractivity contribution in [1.29, 1.82) is 0 Å². The Kier molecular flexibility index (Phi) is 3.98. The van der Waals surface area contributed by atoms with Crippen LogP contribution < -0.4 is 11.3 Å². The number of alkyl halides is 3. The van der Waals surface area contributed by atoms with Gasteiger partial charge in [0.2, 0.25) is 0 Å². The van der Waals surface area contributed by atoms with Gasteiger partial charge in [-0.1, -0.05) is 19.9 Å². The van der Waals surface area contributed by atoms with Gasteiger partial charge in [0.1, 0.15) is 5.69 Å². The van der Waals surface area contributed by atoms with E-state index in [-0.39, 0.29) is 12.5 Å². The van der Waals surface area contributed by atoms with E-state index in [0.29, 0.717) is 4.57 Å². The highest BCUT2D eigenvalue weighted by Crippen LogP contribution is 2.28. The van der Waals surface area contributed by atoms with Crippen molar-refractivity contribution >= 4 is 0 Å². The molecular weight excluding hydrogens is 233 g/mol. The molecule has 1 atom stereocenters. The van der Waals surface area contributed by atoms with Crippen LogP contribution in [-0.4, -0.2) is 10.6 Å². The van der Waals surface area contributed by atoms with E-state index in [9.17, 15) is 18.0 Å². The first-order valence-electron chi connectivity index (χ1n) is 5.26. The molecule has 0 aliphatic heterocycles. The maximum atomic E-state index is 12.7. The van der Waals surface area contributed by atoms with Crippen LogP contribution in [0.15, 0.2) is 23.0 Å². The average Bonchev–Trinajstić information content (AvgIpc) is 2.18. The highest BCUT2D eigenvalue weighted by Gasteiger charge is 2.34. The molecule has 3 nitrogen and oxygen atoms in total. The van der Waals surface area contributed by atoms with Gasteiger partial charge in [0.25, 0.3) is 5.56 Å². The Morgan fingerprint density at radius 3 is 2.41 bits per heavy atom. The molecule has 17 heavy (non-hydrogen) atoms. The second kappa shape index (κ2) is 4.91. The van der Waals surface area contributed by atoms with Crippen LogP contribution in [0, 0.1) is 5.92 Å². The Balaban J connectivity index is 3.18. The first-order chi connectivity index (χ1) is 7.73. The fraction of sp³-hybridized carbons (Fsp3) is 0.545. The van der Waals surface area contributed by atoms with Crippen molar-refractivity contribution in [2.75, 3.05) is 0 Å². The highest BCUT2D eigenvalue weighted by atomic mass is 19.4.